The molecule has 0 aliphatic rings. The third-order valence-corrected chi connectivity index (χ3v) is 3.96. The number of amides is 1. The molecule has 3 aromatic rings. The van der Waals surface area contributed by atoms with Crippen LogP contribution in [0.25, 0.3) is 10.9 Å². The predicted octanol–water partition coefficient (Wildman–Crippen LogP) is 3.59. The summed E-state index contributed by atoms with van der Waals surface area (Å²) in [7, 11) is 2.84. The number of anilines is 1. The van der Waals surface area contributed by atoms with Gasteiger partial charge in [0.25, 0.3) is 5.91 Å². The summed E-state index contributed by atoms with van der Waals surface area (Å²) in [6.07, 6.45) is 0. The van der Waals surface area contributed by atoms with E-state index in [1.54, 1.807) is 48.5 Å². The lowest BCUT2D eigenvalue weighted by atomic mass is 10.1. The highest BCUT2D eigenvalue weighted by atomic mass is 16.5. The first-order valence-electron chi connectivity index (χ1n) is 7.97. The second-order valence-corrected chi connectivity index (χ2v) is 5.69. The standard InChI is InChI=1S/C20H18N2O4/c1-12-10-17(22-19(23)14-6-4-5-7-18(14)25-2)15-11-13(20(24)26-3)8-9-16(15)21-12/h4-11H,1-3H3,(H,21,22,23). The maximum Gasteiger partial charge on any atom is 0.337 e. The lowest BCUT2D eigenvalue weighted by molar-refractivity contribution is 0.0601. The van der Waals surface area contributed by atoms with Crippen molar-refractivity contribution in [1.82, 2.24) is 4.98 Å². The van der Waals surface area contributed by atoms with Gasteiger partial charge in [-0.15, -0.1) is 0 Å². The van der Waals surface area contributed by atoms with Gasteiger partial charge in [0.05, 0.1) is 36.6 Å². The second-order valence-electron chi connectivity index (χ2n) is 5.69. The molecule has 26 heavy (non-hydrogen) atoms. The highest BCUT2D eigenvalue weighted by Gasteiger charge is 2.15. The van der Waals surface area contributed by atoms with E-state index in [-0.39, 0.29) is 5.91 Å². The summed E-state index contributed by atoms with van der Waals surface area (Å²) in [5, 5.41) is 3.54. The zero-order valence-electron chi connectivity index (χ0n) is 14.7. The minimum Gasteiger partial charge on any atom is -0.496 e. The van der Waals surface area contributed by atoms with E-state index in [2.05, 4.69) is 10.3 Å². The summed E-state index contributed by atoms with van der Waals surface area (Å²) in [6.45, 7) is 1.84. The molecule has 1 aromatic heterocycles. The summed E-state index contributed by atoms with van der Waals surface area (Å²) in [5.74, 6) is -0.275. The molecule has 3 rings (SSSR count). The molecule has 0 aliphatic carbocycles. The number of hydrogen-bond acceptors (Lipinski definition) is 5. The number of aryl methyl sites for hydroxylation is 1. The third-order valence-electron chi connectivity index (χ3n) is 3.96. The van der Waals surface area contributed by atoms with E-state index in [1.807, 2.05) is 6.92 Å². The molecular formula is C20H18N2O4. The molecule has 0 saturated heterocycles. The van der Waals surface area contributed by atoms with Crippen molar-refractivity contribution in [3.8, 4) is 5.75 Å². The number of pyridine rings is 1. The van der Waals surface area contributed by atoms with Gasteiger partial charge in [0.15, 0.2) is 0 Å². The average molecular weight is 350 g/mol. The summed E-state index contributed by atoms with van der Waals surface area (Å²) in [6, 6.07) is 13.8. The number of carbonyl (C=O) groups excluding carboxylic acids is 2. The van der Waals surface area contributed by atoms with E-state index in [0.717, 1.165) is 5.69 Å². The van der Waals surface area contributed by atoms with Gasteiger partial charge in [0.1, 0.15) is 5.75 Å². The van der Waals surface area contributed by atoms with Crippen molar-refractivity contribution in [3.05, 3.63) is 65.4 Å². The molecule has 1 amide bonds. The van der Waals surface area contributed by atoms with Crippen molar-refractivity contribution >= 4 is 28.5 Å². The van der Waals surface area contributed by atoms with Gasteiger partial charge < -0.3 is 14.8 Å². The van der Waals surface area contributed by atoms with Crippen molar-refractivity contribution in [2.45, 2.75) is 6.92 Å². The number of hydrogen-bond donors (Lipinski definition) is 1. The first kappa shape index (κ1) is 17.4. The molecule has 0 aliphatic heterocycles. The Hall–Kier alpha value is -3.41. The van der Waals surface area contributed by atoms with Gasteiger partial charge in [-0.05, 0) is 43.3 Å². The van der Waals surface area contributed by atoms with Gasteiger partial charge in [-0.1, -0.05) is 12.1 Å². The number of esters is 1. The van der Waals surface area contributed by atoms with Crippen LogP contribution < -0.4 is 10.1 Å². The van der Waals surface area contributed by atoms with Crippen LogP contribution in [-0.4, -0.2) is 31.1 Å². The molecular weight excluding hydrogens is 332 g/mol. The molecule has 0 spiro atoms. The molecule has 6 heteroatoms. The summed E-state index contributed by atoms with van der Waals surface area (Å²) in [4.78, 5) is 29.0. The van der Waals surface area contributed by atoms with Gasteiger partial charge in [0, 0.05) is 11.1 Å². The number of aromatic nitrogens is 1. The first-order valence-corrected chi connectivity index (χ1v) is 7.97. The van der Waals surface area contributed by atoms with Crippen molar-refractivity contribution < 1.29 is 19.1 Å². The van der Waals surface area contributed by atoms with Crippen LogP contribution >= 0.6 is 0 Å². The van der Waals surface area contributed by atoms with E-state index in [0.29, 0.717) is 33.5 Å². The minimum absolute atomic E-state index is 0.308. The molecule has 0 fully saturated rings. The Labute approximate surface area is 150 Å². The van der Waals surface area contributed by atoms with Crippen molar-refractivity contribution in [1.29, 1.82) is 0 Å². The molecule has 0 saturated carbocycles. The van der Waals surface area contributed by atoms with Crippen LogP contribution in [0.3, 0.4) is 0 Å². The molecule has 0 bridgehead atoms. The van der Waals surface area contributed by atoms with Crippen LogP contribution in [0.2, 0.25) is 0 Å². The molecule has 132 valence electrons. The smallest absolute Gasteiger partial charge is 0.337 e. The van der Waals surface area contributed by atoms with E-state index in [4.69, 9.17) is 9.47 Å². The number of para-hydroxylation sites is 1. The number of ether oxygens (including phenoxy) is 2. The Morgan fingerprint density at radius 2 is 1.81 bits per heavy atom. The van der Waals surface area contributed by atoms with Gasteiger partial charge >= 0.3 is 5.97 Å². The average Bonchev–Trinajstić information content (AvgIpc) is 2.66. The summed E-state index contributed by atoms with van der Waals surface area (Å²) >= 11 is 0. The zero-order chi connectivity index (χ0) is 18.7. The largest absolute Gasteiger partial charge is 0.496 e. The maximum absolute atomic E-state index is 12.7. The highest BCUT2D eigenvalue weighted by Crippen LogP contribution is 2.26. The first-order chi connectivity index (χ1) is 12.5. The van der Waals surface area contributed by atoms with Crippen LogP contribution in [0.15, 0.2) is 48.5 Å². The van der Waals surface area contributed by atoms with Crippen molar-refractivity contribution in [2.75, 3.05) is 19.5 Å². The van der Waals surface area contributed by atoms with Crippen molar-refractivity contribution in [2.24, 2.45) is 0 Å². The van der Waals surface area contributed by atoms with Crippen LogP contribution in [0, 0.1) is 6.92 Å². The van der Waals surface area contributed by atoms with Gasteiger partial charge in [-0.25, -0.2) is 4.79 Å². The SMILES string of the molecule is COC(=O)c1ccc2nc(C)cc(NC(=O)c3ccccc3OC)c2c1. The predicted molar refractivity (Wildman–Crippen MR) is 98.8 cm³/mol. The summed E-state index contributed by atoms with van der Waals surface area (Å²) < 4.78 is 10.0. The zero-order valence-corrected chi connectivity index (χ0v) is 14.7. The molecule has 1 N–H and O–H groups in total. The number of rotatable bonds is 4. The van der Waals surface area contributed by atoms with Crippen LogP contribution in [0.4, 0.5) is 5.69 Å². The number of benzene rings is 2. The van der Waals surface area contributed by atoms with E-state index < -0.39 is 5.97 Å². The quantitative estimate of drug-likeness (QED) is 0.728. The van der Waals surface area contributed by atoms with Crippen LogP contribution in [0.5, 0.6) is 5.75 Å². The molecule has 0 radical (unpaired) electrons. The second kappa shape index (κ2) is 7.23. The highest BCUT2D eigenvalue weighted by molar-refractivity contribution is 6.10. The lowest BCUT2D eigenvalue weighted by Gasteiger charge is -2.12. The van der Waals surface area contributed by atoms with E-state index >= 15 is 0 Å². The number of nitrogens with one attached hydrogen (secondary N) is 1. The molecule has 0 atom stereocenters. The molecule has 6 nitrogen and oxygen atoms in total. The molecule has 0 unspecified atom stereocenters. The number of carbonyl (C=O) groups is 2. The maximum atomic E-state index is 12.7. The van der Waals surface area contributed by atoms with Gasteiger partial charge in [-0.3, -0.25) is 9.78 Å². The van der Waals surface area contributed by atoms with Gasteiger partial charge in [0.2, 0.25) is 0 Å². The Kier molecular flexibility index (Phi) is 4.84. The number of nitrogens with zero attached hydrogens (tertiary/aromatic N) is 1. The number of methoxy groups -OCH3 is 2. The molecule has 2 aromatic carbocycles. The fourth-order valence-corrected chi connectivity index (χ4v) is 2.73. The minimum atomic E-state index is -0.450. The lowest BCUT2D eigenvalue weighted by Crippen LogP contribution is -2.14. The number of fused-ring (bicyclic) bond motifs is 1. The topological polar surface area (TPSA) is 77.5 Å². The van der Waals surface area contributed by atoms with Crippen LogP contribution in [0.1, 0.15) is 26.4 Å². The molecule has 1 heterocycles. The van der Waals surface area contributed by atoms with Gasteiger partial charge in [-0.2, -0.15) is 0 Å². The van der Waals surface area contributed by atoms with Crippen molar-refractivity contribution in [3.63, 3.8) is 0 Å². The monoisotopic (exact) mass is 350 g/mol. The fourth-order valence-electron chi connectivity index (χ4n) is 2.73. The normalized spacial score (nSPS) is 10.4. The Morgan fingerprint density at radius 3 is 2.54 bits per heavy atom. The third kappa shape index (κ3) is 3.35. The fraction of sp³-hybridized carbons (Fsp3) is 0.150. The van der Waals surface area contributed by atoms with Crippen LogP contribution in [-0.2, 0) is 4.74 Å². The Balaban J connectivity index is 2.06. The summed E-state index contributed by atoms with van der Waals surface area (Å²) in [5.41, 5.74) is 2.79. The Morgan fingerprint density at radius 1 is 1.04 bits per heavy atom. The Bertz CT molecular complexity index is 998. The van der Waals surface area contributed by atoms with E-state index in [1.165, 1.54) is 14.2 Å². The van der Waals surface area contributed by atoms with E-state index in [9.17, 15) is 9.59 Å².